The van der Waals surface area contributed by atoms with Crippen LogP contribution in [0, 0.1) is 17.3 Å². The maximum atomic E-state index is 13.7. The average Bonchev–Trinajstić information content (AvgIpc) is 3.42. The molecular weight excluding hydrogens is 547 g/mol. The number of hydrogen-bond donors (Lipinski definition) is 3. The average molecular weight is 585 g/mol. The van der Waals surface area contributed by atoms with Crippen molar-refractivity contribution in [2.24, 2.45) is 17.3 Å². The SMILES string of the molecule is COC(=O)N[C@H](C(=O)N1C[C@@H]2CCC[C@@H]2[C@H]1C(=O)N[C@@H](CCC(C)(F)F)C(=O)C(=O)NCC(F)(F)F)C(C)(C)C. The van der Waals surface area contributed by atoms with Gasteiger partial charge in [-0.2, -0.15) is 13.2 Å². The number of methoxy groups -OCH3 is 1. The lowest BCUT2D eigenvalue weighted by Crippen LogP contribution is -2.60. The van der Waals surface area contributed by atoms with Crippen molar-refractivity contribution in [3.63, 3.8) is 0 Å². The highest BCUT2D eigenvalue weighted by atomic mass is 19.4. The first-order valence-electron chi connectivity index (χ1n) is 13.0. The molecule has 0 spiro atoms. The number of fused-ring (bicyclic) bond motifs is 1. The van der Waals surface area contributed by atoms with Gasteiger partial charge in [0.05, 0.1) is 13.2 Å². The van der Waals surface area contributed by atoms with Crippen molar-refractivity contribution >= 4 is 29.6 Å². The maximum Gasteiger partial charge on any atom is 0.407 e. The maximum absolute atomic E-state index is 13.7. The molecule has 0 bridgehead atoms. The van der Waals surface area contributed by atoms with Gasteiger partial charge in [-0.1, -0.05) is 27.2 Å². The smallest absolute Gasteiger partial charge is 0.407 e. The van der Waals surface area contributed by atoms with Crippen LogP contribution in [0.4, 0.5) is 26.7 Å². The minimum Gasteiger partial charge on any atom is -0.453 e. The van der Waals surface area contributed by atoms with Gasteiger partial charge in [-0.3, -0.25) is 19.2 Å². The molecule has 4 amide bonds. The number of nitrogens with zero attached hydrogens (tertiary/aromatic N) is 1. The van der Waals surface area contributed by atoms with Crippen LogP contribution in [-0.4, -0.2) is 84.9 Å². The summed E-state index contributed by atoms with van der Waals surface area (Å²) in [6.07, 6.45) is -5.35. The Balaban J connectivity index is 2.34. The summed E-state index contributed by atoms with van der Waals surface area (Å²) in [5.41, 5.74) is -0.814. The van der Waals surface area contributed by atoms with Crippen LogP contribution in [0.2, 0.25) is 0 Å². The monoisotopic (exact) mass is 584 g/mol. The summed E-state index contributed by atoms with van der Waals surface area (Å²) in [6, 6.07) is -4.12. The quantitative estimate of drug-likeness (QED) is 0.267. The number of alkyl halides is 5. The van der Waals surface area contributed by atoms with E-state index in [1.807, 2.05) is 0 Å². The number of halogens is 5. The number of Topliss-reactive ketones (excluding diaryl/α,β-unsaturated/α-hetero) is 1. The zero-order valence-electron chi connectivity index (χ0n) is 23.1. The minimum atomic E-state index is -4.82. The Morgan fingerprint density at radius 1 is 0.975 bits per heavy atom. The van der Waals surface area contributed by atoms with E-state index < -0.39 is 84.6 Å². The summed E-state index contributed by atoms with van der Waals surface area (Å²) < 4.78 is 69.4. The summed E-state index contributed by atoms with van der Waals surface area (Å²) in [6.45, 7) is 3.97. The number of hydrogen-bond acceptors (Lipinski definition) is 6. The number of carbonyl (C=O) groups is 5. The van der Waals surface area contributed by atoms with Crippen molar-refractivity contribution in [2.75, 3.05) is 20.2 Å². The third-order valence-corrected chi connectivity index (χ3v) is 7.18. The van der Waals surface area contributed by atoms with Gasteiger partial charge in [0.1, 0.15) is 18.6 Å². The van der Waals surface area contributed by atoms with Gasteiger partial charge in [0, 0.05) is 13.0 Å². The molecule has 2 aliphatic rings. The van der Waals surface area contributed by atoms with Crippen LogP contribution in [0.15, 0.2) is 0 Å². The summed E-state index contributed by atoms with van der Waals surface area (Å²) in [7, 11) is 1.12. The molecule has 0 unspecified atom stereocenters. The van der Waals surface area contributed by atoms with Gasteiger partial charge in [0.2, 0.25) is 23.5 Å². The zero-order valence-corrected chi connectivity index (χ0v) is 23.1. The Labute approximate surface area is 229 Å². The third-order valence-electron chi connectivity index (χ3n) is 7.18. The number of ether oxygens (including phenoxy) is 1. The van der Waals surface area contributed by atoms with Gasteiger partial charge < -0.3 is 25.6 Å². The van der Waals surface area contributed by atoms with E-state index in [2.05, 4.69) is 15.4 Å². The number of likely N-dealkylation sites (tertiary alicyclic amines) is 1. The molecule has 0 aromatic heterocycles. The molecule has 0 radical (unpaired) electrons. The molecule has 15 heteroatoms. The van der Waals surface area contributed by atoms with E-state index in [1.54, 1.807) is 20.8 Å². The minimum absolute atomic E-state index is 0.0809. The number of rotatable bonds is 10. The molecule has 0 aromatic carbocycles. The van der Waals surface area contributed by atoms with Crippen molar-refractivity contribution in [1.82, 2.24) is 20.9 Å². The highest BCUT2D eigenvalue weighted by Crippen LogP contribution is 2.43. The normalized spacial score (nSPS) is 22.6. The Kier molecular flexibility index (Phi) is 10.5. The standard InChI is InChI=1S/C25H37F5N4O6/c1-23(2,3)18(33-22(39)40-5)21(38)34-11-13-7-6-8-14(13)16(34)19(36)32-15(9-10-24(4,26)27)17(35)20(37)31-12-25(28,29)30/h13-16,18H,6-12H2,1-5H3,(H,31,37)(H,32,36)(H,33,39)/t13-,14-,15-,16-,18+/m0/s1. The molecule has 1 heterocycles. The van der Waals surface area contributed by atoms with Gasteiger partial charge in [0.25, 0.3) is 5.91 Å². The topological polar surface area (TPSA) is 134 Å². The summed E-state index contributed by atoms with van der Waals surface area (Å²) in [5.74, 6) is -8.41. The molecule has 3 N–H and O–H groups in total. The highest BCUT2D eigenvalue weighted by Gasteiger charge is 2.52. The lowest BCUT2D eigenvalue weighted by atomic mass is 9.85. The van der Waals surface area contributed by atoms with Crippen molar-refractivity contribution in [2.45, 2.75) is 90.0 Å². The van der Waals surface area contributed by atoms with E-state index in [-0.39, 0.29) is 18.4 Å². The van der Waals surface area contributed by atoms with E-state index in [0.717, 1.165) is 13.5 Å². The van der Waals surface area contributed by atoms with Gasteiger partial charge >= 0.3 is 12.3 Å². The van der Waals surface area contributed by atoms with Crippen LogP contribution in [-0.2, 0) is 23.9 Å². The molecule has 1 saturated heterocycles. The number of alkyl carbamates (subject to hydrolysis) is 1. The van der Waals surface area contributed by atoms with Gasteiger partial charge in [-0.05, 0) is 43.4 Å². The van der Waals surface area contributed by atoms with E-state index in [9.17, 15) is 45.9 Å². The van der Waals surface area contributed by atoms with Crippen LogP contribution < -0.4 is 16.0 Å². The van der Waals surface area contributed by atoms with Gasteiger partial charge in [-0.15, -0.1) is 0 Å². The Hall–Kier alpha value is -3.00. The largest absolute Gasteiger partial charge is 0.453 e. The fourth-order valence-corrected chi connectivity index (χ4v) is 5.21. The van der Waals surface area contributed by atoms with E-state index in [1.165, 1.54) is 10.2 Å². The predicted octanol–water partition coefficient (Wildman–Crippen LogP) is 2.55. The van der Waals surface area contributed by atoms with Gasteiger partial charge in [0.15, 0.2) is 0 Å². The fourth-order valence-electron chi connectivity index (χ4n) is 5.21. The molecule has 5 atom stereocenters. The van der Waals surface area contributed by atoms with E-state index in [0.29, 0.717) is 19.8 Å². The van der Waals surface area contributed by atoms with Crippen LogP contribution >= 0.6 is 0 Å². The molecule has 2 rings (SSSR count). The first kappa shape index (κ1) is 33.2. The summed E-state index contributed by atoms with van der Waals surface area (Å²) in [5, 5.41) is 6.14. The first-order chi connectivity index (χ1) is 18.2. The number of nitrogens with one attached hydrogen (secondary N) is 3. The van der Waals surface area contributed by atoms with Crippen LogP contribution in [0.25, 0.3) is 0 Å². The Morgan fingerprint density at radius 2 is 1.60 bits per heavy atom. The second-order valence-corrected chi connectivity index (χ2v) is 11.6. The van der Waals surface area contributed by atoms with Gasteiger partial charge in [-0.25, -0.2) is 13.6 Å². The van der Waals surface area contributed by atoms with Crippen molar-refractivity contribution < 1.29 is 50.7 Å². The van der Waals surface area contributed by atoms with E-state index in [4.69, 9.17) is 0 Å². The highest BCUT2D eigenvalue weighted by molar-refractivity contribution is 6.38. The van der Waals surface area contributed by atoms with Crippen molar-refractivity contribution in [3.8, 4) is 0 Å². The van der Waals surface area contributed by atoms with Crippen LogP contribution in [0.1, 0.15) is 59.8 Å². The molecule has 228 valence electrons. The number of ketones is 1. The first-order valence-corrected chi connectivity index (χ1v) is 13.0. The molecule has 1 aliphatic heterocycles. The molecular formula is C25H37F5N4O6. The molecule has 40 heavy (non-hydrogen) atoms. The van der Waals surface area contributed by atoms with Crippen LogP contribution in [0.3, 0.4) is 0 Å². The van der Waals surface area contributed by atoms with Crippen molar-refractivity contribution in [1.29, 1.82) is 0 Å². The fraction of sp³-hybridized carbons (Fsp3) is 0.800. The second-order valence-electron chi connectivity index (χ2n) is 11.6. The lowest BCUT2D eigenvalue weighted by Gasteiger charge is -2.36. The Morgan fingerprint density at radius 3 is 2.12 bits per heavy atom. The van der Waals surface area contributed by atoms with Crippen LogP contribution in [0.5, 0.6) is 0 Å². The van der Waals surface area contributed by atoms with Crippen molar-refractivity contribution in [3.05, 3.63) is 0 Å². The summed E-state index contributed by atoms with van der Waals surface area (Å²) in [4.78, 5) is 65.3. The summed E-state index contributed by atoms with van der Waals surface area (Å²) >= 11 is 0. The number of amides is 4. The molecule has 10 nitrogen and oxygen atoms in total. The number of carbonyl (C=O) groups excluding carboxylic acids is 5. The Bertz CT molecular complexity index is 978. The predicted molar refractivity (Wildman–Crippen MR) is 131 cm³/mol. The molecule has 2 fully saturated rings. The lowest BCUT2D eigenvalue weighted by molar-refractivity contribution is -0.148. The molecule has 1 saturated carbocycles. The van der Waals surface area contributed by atoms with E-state index >= 15 is 0 Å². The third kappa shape index (κ3) is 9.01. The molecule has 1 aliphatic carbocycles. The molecule has 0 aromatic rings. The zero-order chi connectivity index (χ0) is 30.6. The second kappa shape index (κ2) is 12.7.